The van der Waals surface area contributed by atoms with Crippen molar-refractivity contribution in [2.75, 3.05) is 56.4 Å². The molecule has 2 saturated heterocycles. The van der Waals surface area contributed by atoms with E-state index in [0.717, 1.165) is 64.3 Å². The van der Waals surface area contributed by atoms with Gasteiger partial charge in [0.25, 0.3) is 0 Å². The Morgan fingerprint density at radius 1 is 1.12 bits per heavy atom. The molecule has 1 aromatic carbocycles. The molecule has 7 heteroatoms. The number of alkyl halides is 2. The van der Waals surface area contributed by atoms with Gasteiger partial charge in [-0.1, -0.05) is 6.92 Å². The standard InChI is InChI=1S/C18H28F2N4O/c1-2-22-9-11-24(12-10-22)14-5-7-23(8-6-14)15-3-4-16(21)17(13-15)25-18(19)20/h3-4,13-14,18H,2,5-12,21H2,1H3. The van der Waals surface area contributed by atoms with Crippen LogP contribution in [0.4, 0.5) is 20.2 Å². The summed E-state index contributed by atoms with van der Waals surface area (Å²) in [6, 6.07) is 5.78. The smallest absolute Gasteiger partial charge is 0.387 e. The molecule has 0 radical (unpaired) electrons. The Kier molecular flexibility index (Phi) is 5.96. The minimum absolute atomic E-state index is 0.0605. The number of rotatable bonds is 5. The zero-order valence-corrected chi connectivity index (χ0v) is 14.8. The molecule has 0 unspecified atom stereocenters. The molecule has 2 fully saturated rings. The molecule has 0 aromatic heterocycles. The first kappa shape index (κ1) is 18.2. The number of benzene rings is 1. The van der Waals surface area contributed by atoms with Crippen LogP contribution in [0.2, 0.25) is 0 Å². The van der Waals surface area contributed by atoms with Crippen molar-refractivity contribution < 1.29 is 13.5 Å². The molecule has 0 saturated carbocycles. The number of hydrogen-bond acceptors (Lipinski definition) is 5. The first-order valence-corrected chi connectivity index (χ1v) is 9.12. The van der Waals surface area contributed by atoms with E-state index >= 15 is 0 Å². The van der Waals surface area contributed by atoms with Gasteiger partial charge >= 0.3 is 6.61 Å². The van der Waals surface area contributed by atoms with Crippen LogP contribution < -0.4 is 15.4 Å². The average molecular weight is 354 g/mol. The Morgan fingerprint density at radius 3 is 2.40 bits per heavy atom. The van der Waals surface area contributed by atoms with Gasteiger partial charge in [0.05, 0.1) is 5.69 Å². The molecule has 0 bridgehead atoms. The molecular formula is C18H28F2N4O. The fraction of sp³-hybridized carbons (Fsp3) is 0.667. The van der Waals surface area contributed by atoms with Crippen LogP contribution in [0.1, 0.15) is 19.8 Å². The van der Waals surface area contributed by atoms with E-state index in [2.05, 4.69) is 26.4 Å². The highest BCUT2D eigenvalue weighted by molar-refractivity contribution is 5.62. The molecule has 3 rings (SSSR count). The maximum atomic E-state index is 12.5. The minimum atomic E-state index is -2.86. The number of likely N-dealkylation sites (N-methyl/N-ethyl adjacent to an activating group) is 1. The topological polar surface area (TPSA) is 45.0 Å². The Labute approximate surface area is 148 Å². The van der Waals surface area contributed by atoms with Gasteiger partial charge in [-0.25, -0.2) is 0 Å². The van der Waals surface area contributed by atoms with Gasteiger partial charge in [0.1, 0.15) is 0 Å². The van der Waals surface area contributed by atoms with Crippen LogP contribution in [0, 0.1) is 0 Å². The van der Waals surface area contributed by atoms with Gasteiger partial charge in [-0.2, -0.15) is 8.78 Å². The second-order valence-corrected chi connectivity index (χ2v) is 6.79. The summed E-state index contributed by atoms with van der Waals surface area (Å²) >= 11 is 0. The Bertz CT molecular complexity index is 556. The molecule has 0 atom stereocenters. The zero-order chi connectivity index (χ0) is 17.8. The number of hydrogen-bond donors (Lipinski definition) is 1. The molecule has 25 heavy (non-hydrogen) atoms. The number of piperazine rings is 1. The number of anilines is 2. The monoisotopic (exact) mass is 354 g/mol. The number of nitrogens with zero attached hydrogens (tertiary/aromatic N) is 3. The van der Waals surface area contributed by atoms with Crippen LogP contribution in [-0.4, -0.2) is 68.3 Å². The van der Waals surface area contributed by atoms with Crippen LogP contribution >= 0.6 is 0 Å². The van der Waals surface area contributed by atoms with Gasteiger partial charge in [0.15, 0.2) is 5.75 Å². The van der Waals surface area contributed by atoms with Crippen molar-refractivity contribution in [2.24, 2.45) is 0 Å². The summed E-state index contributed by atoms with van der Waals surface area (Å²) < 4.78 is 29.5. The molecule has 140 valence electrons. The Balaban J connectivity index is 1.55. The normalized spacial score (nSPS) is 21.0. The number of nitrogen functional groups attached to an aromatic ring is 1. The maximum absolute atomic E-state index is 12.5. The number of halogens is 2. The van der Waals surface area contributed by atoms with Crippen LogP contribution in [0.15, 0.2) is 18.2 Å². The third-order valence-corrected chi connectivity index (χ3v) is 5.41. The molecule has 2 N–H and O–H groups in total. The van der Waals surface area contributed by atoms with Gasteiger partial charge in [0.2, 0.25) is 0 Å². The van der Waals surface area contributed by atoms with Crippen molar-refractivity contribution in [3.63, 3.8) is 0 Å². The van der Waals surface area contributed by atoms with Gasteiger partial charge in [0, 0.05) is 57.1 Å². The van der Waals surface area contributed by atoms with Crippen molar-refractivity contribution in [1.82, 2.24) is 9.80 Å². The highest BCUT2D eigenvalue weighted by atomic mass is 19.3. The number of piperidine rings is 1. The van der Waals surface area contributed by atoms with E-state index in [1.807, 2.05) is 6.07 Å². The summed E-state index contributed by atoms with van der Waals surface area (Å²) in [6.07, 6.45) is 2.20. The SMILES string of the molecule is CCN1CCN(C2CCN(c3ccc(N)c(OC(F)F)c3)CC2)CC1. The van der Waals surface area contributed by atoms with Crippen molar-refractivity contribution in [1.29, 1.82) is 0 Å². The van der Waals surface area contributed by atoms with E-state index in [1.165, 1.54) is 0 Å². The van der Waals surface area contributed by atoms with Crippen molar-refractivity contribution in [3.8, 4) is 5.75 Å². The molecule has 2 heterocycles. The lowest BCUT2D eigenvalue weighted by Gasteiger charge is -2.43. The van der Waals surface area contributed by atoms with E-state index < -0.39 is 6.61 Å². The zero-order valence-electron chi connectivity index (χ0n) is 14.8. The summed E-state index contributed by atoms with van der Waals surface area (Å²) in [6.45, 7) is 6.95. The lowest BCUT2D eigenvalue weighted by atomic mass is 10.0. The van der Waals surface area contributed by atoms with E-state index in [9.17, 15) is 8.78 Å². The van der Waals surface area contributed by atoms with Crippen LogP contribution in [0.25, 0.3) is 0 Å². The van der Waals surface area contributed by atoms with E-state index in [-0.39, 0.29) is 11.4 Å². The summed E-state index contributed by atoms with van der Waals surface area (Å²) in [5.74, 6) is 0.0605. The lowest BCUT2D eigenvalue weighted by Crippen LogP contribution is -2.53. The van der Waals surface area contributed by atoms with Crippen LogP contribution in [-0.2, 0) is 0 Å². The molecule has 1 aromatic rings. The van der Waals surface area contributed by atoms with E-state index in [0.29, 0.717) is 6.04 Å². The van der Waals surface area contributed by atoms with Gasteiger partial charge < -0.3 is 20.3 Å². The Morgan fingerprint density at radius 2 is 1.80 bits per heavy atom. The Hall–Kier alpha value is -1.60. The van der Waals surface area contributed by atoms with E-state index in [4.69, 9.17) is 5.73 Å². The summed E-state index contributed by atoms with van der Waals surface area (Å²) in [5, 5.41) is 0. The molecule has 5 nitrogen and oxygen atoms in total. The minimum Gasteiger partial charge on any atom is -0.433 e. The van der Waals surface area contributed by atoms with Gasteiger partial charge in [-0.3, -0.25) is 4.90 Å². The van der Waals surface area contributed by atoms with Crippen LogP contribution in [0.5, 0.6) is 5.75 Å². The molecular weight excluding hydrogens is 326 g/mol. The fourth-order valence-corrected chi connectivity index (χ4v) is 3.85. The molecule has 0 spiro atoms. The maximum Gasteiger partial charge on any atom is 0.387 e. The summed E-state index contributed by atoms with van der Waals surface area (Å²) in [7, 11) is 0. The largest absolute Gasteiger partial charge is 0.433 e. The second-order valence-electron chi connectivity index (χ2n) is 6.79. The van der Waals surface area contributed by atoms with Gasteiger partial charge in [-0.05, 0) is 31.5 Å². The molecule has 0 amide bonds. The molecule has 0 aliphatic carbocycles. The van der Waals surface area contributed by atoms with E-state index in [1.54, 1.807) is 12.1 Å². The fourth-order valence-electron chi connectivity index (χ4n) is 3.85. The predicted molar refractivity (Wildman–Crippen MR) is 96.4 cm³/mol. The second kappa shape index (κ2) is 8.19. The number of ether oxygens (including phenoxy) is 1. The average Bonchev–Trinajstić information content (AvgIpc) is 2.63. The van der Waals surface area contributed by atoms with Crippen LogP contribution in [0.3, 0.4) is 0 Å². The molecule has 2 aliphatic heterocycles. The van der Waals surface area contributed by atoms with Gasteiger partial charge in [-0.15, -0.1) is 0 Å². The van der Waals surface area contributed by atoms with Crippen molar-refractivity contribution in [3.05, 3.63) is 18.2 Å². The quantitative estimate of drug-likeness (QED) is 0.823. The first-order valence-electron chi connectivity index (χ1n) is 9.12. The molecule has 2 aliphatic rings. The highest BCUT2D eigenvalue weighted by Gasteiger charge is 2.27. The third-order valence-electron chi connectivity index (χ3n) is 5.41. The van der Waals surface area contributed by atoms with Crippen molar-refractivity contribution >= 4 is 11.4 Å². The first-order chi connectivity index (χ1) is 12.1. The summed E-state index contributed by atoms with van der Waals surface area (Å²) in [5.41, 5.74) is 6.87. The van der Waals surface area contributed by atoms with Crippen molar-refractivity contribution in [2.45, 2.75) is 32.4 Å². The highest BCUT2D eigenvalue weighted by Crippen LogP contribution is 2.31. The number of nitrogens with two attached hydrogens (primary N) is 1. The third kappa shape index (κ3) is 4.52. The lowest BCUT2D eigenvalue weighted by molar-refractivity contribution is -0.0493. The predicted octanol–water partition coefficient (Wildman–Crippen LogP) is 2.48. The summed E-state index contributed by atoms with van der Waals surface area (Å²) in [4.78, 5) is 7.33.